The molecule has 1 aromatic heterocycles. The molecule has 188 valence electrons. The van der Waals surface area contributed by atoms with Crippen molar-refractivity contribution >= 4 is 20.9 Å². The molecule has 0 radical (unpaired) electrons. The average Bonchev–Trinajstić information content (AvgIpc) is 2.81. The maximum atomic E-state index is 13.5. The van der Waals surface area contributed by atoms with Crippen LogP contribution in [0.15, 0.2) is 46.1 Å². The zero-order valence-corrected chi connectivity index (χ0v) is 22.2. The van der Waals surface area contributed by atoms with Crippen LogP contribution in [0.3, 0.4) is 0 Å². The van der Waals surface area contributed by atoms with Crippen LogP contribution in [0.5, 0.6) is 0 Å². The zero-order chi connectivity index (χ0) is 25.3. The standard InChI is InChI=1S/C27H36N4O3S/c1-6-12-31-26(28-23-11-9-8-10-22(23)27(31)32)24(7-2)29-13-15-30(16-14-29)35(33,34)25-20(4)17-19(3)18-21(25)5/h8-11,17-18,24H,6-7,12-16H2,1-5H3. The van der Waals surface area contributed by atoms with E-state index in [9.17, 15) is 13.2 Å². The maximum absolute atomic E-state index is 13.5. The van der Waals surface area contributed by atoms with Crippen molar-refractivity contribution in [2.45, 2.75) is 64.9 Å². The quantitative estimate of drug-likeness (QED) is 0.490. The van der Waals surface area contributed by atoms with Crippen LogP contribution in [0, 0.1) is 20.8 Å². The number of fused-ring (bicyclic) bond motifs is 1. The van der Waals surface area contributed by atoms with E-state index in [1.54, 1.807) is 4.31 Å². The molecule has 0 amide bonds. The third-order valence-corrected chi connectivity index (χ3v) is 9.14. The van der Waals surface area contributed by atoms with Crippen LogP contribution in [-0.4, -0.2) is 53.4 Å². The first-order chi connectivity index (χ1) is 16.7. The number of aromatic nitrogens is 2. The van der Waals surface area contributed by atoms with Crippen molar-refractivity contribution in [3.8, 4) is 0 Å². The summed E-state index contributed by atoms with van der Waals surface area (Å²) in [6.45, 7) is 12.5. The summed E-state index contributed by atoms with van der Waals surface area (Å²) in [5.41, 5.74) is 3.36. The molecule has 1 aliphatic rings. The van der Waals surface area contributed by atoms with Gasteiger partial charge in [-0.15, -0.1) is 0 Å². The lowest BCUT2D eigenvalue weighted by Crippen LogP contribution is -2.50. The lowest BCUT2D eigenvalue weighted by atomic mass is 10.1. The van der Waals surface area contributed by atoms with Crippen LogP contribution >= 0.6 is 0 Å². The Morgan fingerprint density at radius 3 is 2.20 bits per heavy atom. The highest BCUT2D eigenvalue weighted by Gasteiger charge is 2.34. The summed E-state index contributed by atoms with van der Waals surface area (Å²) in [5, 5.41) is 0.638. The van der Waals surface area contributed by atoms with Gasteiger partial charge in [0.1, 0.15) is 5.82 Å². The second-order valence-electron chi connectivity index (χ2n) is 9.54. The minimum Gasteiger partial charge on any atom is -0.295 e. The molecule has 2 aromatic carbocycles. The summed E-state index contributed by atoms with van der Waals surface area (Å²) in [7, 11) is -3.58. The zero-order valence-electron chi connectivity index (χ0n) is 21.4. The third-order valence-electron chi connectivity index (χ3n) is 6.94. The molecule has 0 bridgehead atoms. The fourth-order valence-electron chi connectivity index (χ4n) is 5.44. The van der Waals surface area contributed by atoms with E-state index in [1.807, 2.05) is 61.7 Å². The van der Waals surface area contributed by atoms with Gasteiger partial charge in [0.15, 0.2) is 0 Å². The van der Waals surface area contributed by atoms with Gasteiger partial charge in [0.05, 0.1) is 21.8 Å². The summed E-state index contributed by atoms with van der Waals surface area (Å²) in [5.74, 6) is 0.777. The van der Waals surface area contributed by atoms with Crippen molar-refractivity contribution in [3.63, 3.8) is 0 Å². The number of aryl methyl sites for hydroxylation is 3. The summed E-state index contributed by atoms with van der Waals surface area (Å²) in [4.78, 5) is 20.9. The molecule has 4 rings (SSSR count). The number of piperazine rings is 1. The van der Waals surface area contributed by atoms with E-state index in [-0.39, 0.29) is 11.6 Å². The minimum absolute atomic E-state index is 0.00237. The van der Waals surface area contributed by atoms with Crippen molar-refractivity contribution < 1.29 is 8.42 Å². The molecule has 7 nitrogen and oxygen atoms in total. The minimum atomic E-state index is -3.58. The van der Waals surface area contributed by atoms with Gasteiger partial charge in [-0.05, 0) is 56.9 Å². The highest BCUT2D eigenvalue weighted by molar-refractivity contribution is 7.89. The first kappa shape index (κ1) is 25.5. The average molecular weight is 497 g/mol. The van der Waals surface area contributed by atoms with E-state index in [0.29, 0.717) is 48.5 Å². The molecule has 2 heterocycles. The van der Waals surface area contributed by atoms with Crippen molar-refractivity contribution in [3.05, 3.63) is 69.3 Å². The van der Waals surface area contributed by atoms with Crippen LogP contribution < -0.4 is 5.56 Å². The Hall–Kier alpha value is -2.55. The molecule has 3 aromatic rings. The Labute approximate surface area is 208 Å². The Balaban J connectivity index is 1.62. The van der Waals surface area contributed by atoms with E-state index in [0.717, 1.165) is 35.4 Å². The monoisotopic (exact) mass is 496 g/mol. The van der Waals surface area contributed by atoms with Gasteiger partial charge in [-0.1, -0.05) is 43.7 Å². The summed E-state index contributed by atoms with van der Waals surface area (Å²) < 4.78 is 30.5. The molecule has 1 fully saturated rings. The predicted molar refractivity (Wildman–Crippen MR) is 140 cm³/mol. The molecule has 0 spiro atoms. The number of benzene rings is 2. The Morgan fingerprint density at radius 1 is 0.971 bits per heavy atom. The van der Waals surface area contributed by atoms with Crippen molar-refractivity contribution in [2.24, 2.45) is 0 Å². The Kier molecular flexibility index (Phi) is 7.45. The molecule has 35 heavy (non-hydrogen) atoms. The van der Waals surface area contributed by atoms with E-state index in [1.165, 1.54) is 0 Å². The number of para-hydroxylation sites is 1. The number of nitrogens with zero attached hydrogens (tertiary/aromatic N) is 4. The van der Waals surface area contributed by atoms with E-state index in [2.05, 4.69) is 18.7 Å². The second kappa shape index (κ2) is 10.2. The predicted octanol–water partition coefficient (Wildman–Crippen LogP) is 4.19. The largest absolute Gasteiger partial charge is 0.295 e. The topological polar surface area (TPSA) is 75.5 Å². The van der Waals surface area contributed by atoms with Crippen LogP contribution in [0.25, 0.3) is 10.9 Å². The molecule has 1 unspecified atom stereocenters. The van der Waals surface area contributed by atoms with Gasteiger partial charge in [-0.2, -0.15) is 4.31 Å². The van der Waals surface area contributed by atoms with E-state index >= 15 is 0 Å². The first-order valence-electron chi connectivity index (χ1n) is 12.5. The fraction of sp³-hybridized carbons (Fsp3) is 0.481. The molecule has 0 aliphatic carbocycles. The SMILES string of the molecule is CCCn1c(C(CC)N2CCN(S(=O)(=O)c3c(C)cc(C)cc3C)CC2)nc2ccccc2c1=O. The van der Waals surface area contributed by atoms with Gasteiger partial charge in [0, 0.05) is 32.7 Å². The maximum Gasteiger partial charge on any atom is 0.261 e. The fourth-order valence-corrected chi connectivity index (χ4v) is 7.28. The van der Waals surface area contributed by atoms with Gasteiger partial charge < -0.3 is 0 Å². The van der Waals surface area contributed by atoms with Crippen LogP contribution in [0.1, 0.15) is 55.2 Å². The molecular formula is C27H36N4O3S. The van der Waals surface area contributed by atoms with Gasteiger partial charge >= 0.3 is 0 Å². The summed E-state index contributed by atoms with van der Waals surface area (Å²) in [6, 6.07) is 11.3. The second-order valence-corrected chi connectivity index (χ2v) is 11.4. The highest BCUT2D eigenvalue weighted by Crippen LogP contribution is 2.29. The first-order valence-corrected chi connectivity index (χ1v) is 13.9. The molecule has 1 aliphatic heterocycles. The van der Waals surface area contributed by atoms with Crippen LogP contribution in [0.4, 0.5) is 0 Å². The van der Waals surface area contributed by atoms with E-state index < -0.39 is 10.0 Å². The Morgan fingerprint density at radius 2 is 1.60 bits per heavy atom. The van der Waals surface area contributed by atoms with Crippen molar-refractivity contribution in [1.29, 1.82) is 0 Å². The molecule has 1 atom stereocenters. The highest BCUT2D eigenvalue weighted by atomic mass is 32.2. The molecule has 8 heteroatoms. The Bertz CT molecular complexity index is 1370. The van der Waals surface area contributed by atoms with E-state index in [4.69, 9.17) is 4.98 Å². The normalized spacial score (nSPS) is 16.6. The molecule has 1 saturated heterocycles. The lowest BCUT2D eigenvalue weighted by Gasteiger charge is -2.39. The van der Waals surface area contributed by atoms with Gasteiger partial charge in [0.25, 0.3) is 5.56 Å². The molecular weight excluding hydrogens is 460 g/mol. The number of hydrogen-bond donors (Lipinski definition) is 0. The summed E-state index contributed by atoms with van der Waals surface area (Å²) >= 11 is 0. The molecule has 0 saturated carbocycles. The molecule has 0 N–H and O–H groups in total. The van der Waals surface area contributed by atoms with Crippen LogP contribution in [0.2, 0.25) is 0 Å². The summed E-state index contributed by atoms with van der Waals surface area (Å²) in [6.07, 6.45) is 1.63. The number of hydrogen-bond acceptors (Lipinski definition) is 5. The smallest absolute Gasteiger partial charge is 0.261 e. The lowest BCUT2D eigenvalue weighted by molar-refractivity contribution is 0.125. The van der Waals surface area contributed by atoms with Gasteiger partial charge in [0.2, 0.25) is 10.0 Å². The third kappa shape index (κ3) is 4.79. The number of sulfonamides is 1. The van der Waals surface area contributed by atoms with Gasteiger partial charge in [-0.25, -0.2) is 13.4 Å². The van der Waals surface area contributed by atoms with Crippen LogP contribution in [-0.2, 0) is 16.6 Å². The van der Waals surface area contributed by atoms with Crippen molar-refractivity contribution in [1.82, 2.24) is 18.8 Å². The van der Waals surface area contributed by atoms with Gasteiger partial charge in [-0.3, -0.25) is 14.3 Å². The van der Waals surface area contributed by atoms with Crippen molar-refractivity contribution in [2.75, 3.05) is 26.2 Å². The number of rotatable bonds is 7.